The molecule has 1 aromatic rings. The smallest absolute Gasteiger partial charge is 0.142 e. The summed E-state index contributed by atoms with van der Waals surface area (Å²) in [6.07, 6.45) is 1.65. The Morgan fingerprint density at radius 3 is 3.15 bits per heavy atom. The molecule has 0 bridgehead atoms. The number of fused-ring (bicyclic) bond motifs is 1. The lowest BCUT2D eigenvalue weighted by Gasteiger charge is -2.14. The summed E-state index contributed by atoms with van der Waals surface area (Å²) in [5.74, 6) is 4.05. The highest BCUT2D eigenvalue weighted by Crippen LogP contribution is 2.16. The molecule has 0 saturated heterocycles. The standard InChI is InChI=1S/C8H9N3OS/c1-13(12)5-7-6(8(9)11-13)3-2-4-10-7/h2-4H,1,5H2,(H2,9,11,12). The summed E-state index contributed by atoms with van der Waals surface area (Å²) in [4.78, 5) is 4.09. The second kappa shape index (κ2) is 2.56. The normalized spacial score (nSPS) is 26.3. The molecule has 1 atom stereocenters. The molecule has 0 saturated carbocycles. The van der Waals surface area contributed by atoms with Crippen molar-refractivity contribution in [1.29, 1.82) is 0 Å². The number of aromatic nitrogens is 1. The van der Waals surface area contributed by atoms with Gasteiger partial charge in [0.25, 0.3) is 0 Å². The van der Waals surface area contributed by atoms with E-state index >= 15 is 0 Å². The molecule has 13 heavy (non-hydrogen) atoms. The lowest BCUT2D eigenvalue weighted by molar-refractivity contribution is 0.681. The maximum atomic E-state index is 11.6. The van der Waals surface area contributed by atoms with Gasteiger partial charge in [-0.05, 0) is 18.0 Å². The highest BCUT2D eigenvalue weighted by Gasteiger charge is 2.18. The van der Waals surface area contributed by atoms with Crippen LogP contribution in [0.3, 0.4) is 0 Å². The van der Waals surface area contributed by atoms with E-state index in [2.05, 4.69) is 15.3 Å². The van der Waals surface area contributed by atoms with Crippen LogP contribution in [-0.2, 0) is 15.5 Å². The predicted molar refractivity (Wildman–Crippen MR) is 53.9 cm³/mol. The van der Waals surface area contributed by atoms with E-state index in [-0.39, 0.29) is 11.6 Å². The molecule has 0 spiro atoms. The summed E-state index contributed by atoms with van der Waals surface area (Å²) in [7, 11) is -2.44. The van der Waals surface area contributed by atoms with E-state index in [1.165, 1.54) is 0 Å². The average molecular weight is 195 g/mol. The van der Waals surface area contributed by atoms with Gasteiger partial charge in [-0.25, -0.2) is 4.21 Å². The van der Waals surface area contributed by atoms with Crippen LogP contribution >= 0.6 is 0 Å². The number of hydrogen-bond acceptors (Lipinski definition) is 3. The van der Waals surface area contributed by atoms with E-state index in [4.69, 9.17) is 5.73 Å². The molecule has 2 heterocycles. The lowest BCUT2D eigenvalue weighted by atomic mass is 10.2. The molecule has 0 aliphatic carbocycles. The van der Waals surface area contributed by atoms with Gasteiger partial charge in [0.15, 0.2) is 0 Å². The van der Waals surface area contributed by atoms with Crippen molar-refractivity contribution >= 4 is 21.4 Å². The van der Waals surface area contributed by atoms with Crippen LogP contribution in [0.5, 0.6) is 0 Å². The van der Waals surface area contributed by atoms with Gasteiger partial charge in [-0.1, -0.05) is 0 Å². The topological polar surface area (TPSA) is 68.3 Å². The van der Waals surface area contributed by atoms with Crippen LogP contribution in [0, 0.1) is 0 Å². The Hall–Kier alpha value is -1.36. The Morgan fingerprint density at radius 2 is 2.38 bits per heavy atom. The molecule has 1 aliphatic heterocycles. The van der Waals surface area contributed by atoms with E-state index in [0.717, 1.165) is 11.3 Å². The molecule has 0 aromatic carbocycles. The first-order chi connectivity index (χ1) is 6.08. The van der Waals surface area contributed by atoms with Crippen LogP contribution in [0.2, 0.25) is 0 Å². The molecule has 0 radical (unpaired) electrons. The van der Waals surface area contributed by atoms with Crippen molar-refractivity contribution in [3.63, 3.8) is 0 Å². The zero-order valence-corrected chi connectivity index (χ0v) is 7.75. The molecule has 68 valence electrons. The number of rotatable bonds is 0. The largest absolute Gasteiger partial charge is 0.383 e. The monoisotopic (exact) mass is 195 g/mol. The first-order valence-corrected chi connectivity index (χ1v) is 5.58. The highest BCUT2D eigenvalue weighted by atomic mass is 32.2. The third-order valence-corrected chi connectivity index (χ3v) is 3.05. The summed E-state index contributed by atoms with van der Waals surface area (Å²) < 4.78 is 15.4. The van der Waals surface area contributed by atoms with Gasteiger partial charge in [0, 0.05) is 11.8 Å². The van der Waals surface area contributed by atoms with Crippen LogP contribution in [0.25, 0.3) is 0 Å². The van der Waals surface area contributed by atoms with Gasteiger partial charge in [0.2, 0.25) is 0 Å². The molecule has 1 aliphatic rings. The van der Waals surface area contributed by atoms with Crippen LogP contribution < -0.4 is 5.73 Å². The fourth-order valence-electron chi connectivity index (χ4n) is 1.26. The Bertz CT molecular complexity index is 476. The number of nitrogens with zero attached hydrogens (tertiary/aromatic N) is 2. The van der Waals surface area contributed by atoms with Crippen molar-refractivity contribution in [3.05, 3.63) is 29.6 Å². The van der Waals surface area contributed by atoms with Crippen molar-refractivity contribution in [2.75, 3.05) is 0 Å². The average Bonchev–Trinajstić information content (AvgIpc) is 2.02. The molecule has 0 fully saturated rings. The van der Waals surface area contributed by atoms with Gasteiger partial charge in [0.1, 0.15) is 5.84 Å². The summed E-state index contributed by atoms with van der Waals surface area (Å²) in [6, 6.07) is 3.59. The Balaban J connectivity index is 2.68. The maximum absolute atomic E-state index is 11.6. The molecular weight excluding hydrogens is 186 g/mol. The molecule has 2 rings (SSSR count). The van der Waals surface area contributed by atoms with E-state index in [1.54, 1.807) is 12.3 Å². The van der Waals surface area contributed by atoms with Gasteiger partial charge in [-0.2, -0.15) is 4.40 Å². The van der Waals surface area contributed by atoms with E-state index < -0.39 is 9.71 Å². The Kier molecular flexibility index (Phi) is 1.63. The zero-order valence-electron chi connectivity index (χ0n) is 6.93. The SMILES string of the molecule is C=S1(=O)Cc2ncccc2C(N)=N1. The van der Waals surface area contributed by atoms with Gasteiger partial charge >= 0.3 is 0 Å². The van der Waals surface area contributed by atoms with Gasteiger partial charge in [0.05, 0.1) is 21.2 Å². The van der Waals surface area contributed by atoms with E-state index in [1.807, 2.05) is 6.07 Å². The van der Waals surface area contributed by atoms with Crippen molar-refractivity contribution < 1.29 is 4.21 Å². The third-order valence-electron chi connectivity index (χ3n) is 1.79. The summed E-state index contributed by atoms with van der Waals surface area (Å²) >= 11 is 0. The van der Waals surface area contributed by atoms with Crippen LogP contribution in [0.15, 0.2) is 22.7 Å². The van der Waals surface area contributed by atoms with Crippen molar-refractivity contribution in [2.45, 2.75) is 5.75 Å². The molecule has 4 nitrogen and oxygen atoms in total. The van der Waals surface area contributed by atoms with Gasteiger partial charge < -0.3 is 5.73 Å². The summed E-state index contributed by atoms with van der Waals surface area (Å²) in [5.41, 5.74) is 7.10. The van der Waals surface area contributed by atoms with Crippen LogP contribution in [0.4, 0.5) is 0 Å². The van der Waals surface area contributed by atoms with Crippen molar-refractivity contribution in [1.82, 2.24) is 4.98 Å². The predicted octanol–water partition coefficient (Wildman–Crippen LogP) is -0.0681. The Labute approximate surface area is 76.7 Å². The first kappa shape index (κ1) is 8.25. The molecule has 1 aromatic heterocycles. The number of pyridine rings is 1. The number of amidine groups is 1. The highest BCUT2D eigenvalue weighted by molar-refractivity contribution is 7.98. The van der Waals surface area contributed by atoms with E-state index in [9.17, 15) is 4.21 Å². The maximum Gasteiger partial charge on any atom is 0.142 e. The minimum absolute atomic E-state index is 0.273. The Morgan fingerprint density at radius 1 is 1.62 bits per heavy atom. The fraction of sp³-hybridized carbons (Fsp3) is 0.125. The minimum atomic E-state index is -2.44. The second-order valence-electron chi connectivity index (χ2n) is 2.89. The molecule has 2 N–H and O–H groups in total. The molecular formula is C8H9N3OS. The summed E-state index contributed by atoms with van der Waals surface area (Å²) in [5, 5.41) is 0. The fourth-order valence-corrected chi connectivity index (χ4v) is 2.44. The third kappa shape index (κ3) is 1.42. The minimum Gasteiger partial charge on any atom is -0.383 e. The zero-order chi connectivity index (χ0) is 9.47. The van der Waals surface area contributed by atoms with Gasteiger partial charge in [-0.3, -0.25) is 4.98 Å². The number of nitrogens with two attached hydrogens (primary N) is 1. The molecule has 5 heteroatoms. The van der Waals surface area contributed by atoms with Crippen molar-refractivity contribution in [2.24, 2.45) is 10.1 Å². The van der Waals surface area contributed by atoms with Crippen LogP contribution in [0.1, 0.15) is 11.3 Å². The second-order valence-corrected chi connectivity index (χ2v) is 4.91. The molecule has 0 amide bonds. The molecule has 1 unspecified atom stereocenters. The van der Waals surface area contributed by atoms with Crippen molar-refractivity contribution in [3.8, 4) is 0 Å². The van der Waals surface area contributed by atoms with Crippen LogP contribution in [-0.4, -0.2) is 20.9 Å². The quantitative estimate of drug-likeness (QED) is 0.589. The van der Waals surface area contributed by atoms with E-state index in [0.29, 0.717) is 0 Å². The summed E-state index contributed by atoms with van der Waals surface area (Å²) in [6.45, 7) is 0. The van der Waals surface area contributed by atoms with Gasteiger partial charge in [-0.15, -0.1) is 0 Å². The first-order valence-electron chi connectivity index (χ1n) is 3.73. The number of hydrogen-bond donors (Lipinski definition) is 1. The lowest BCUT2D eigenvalue weighted by Crippen LogP contribution is -2.24.